The monoisotopic (exact) mass is 432 g/mol. The molecule has 0 fully saturated rings. The molecule has 0 aliphatic heterocycles. The van der Waals surface area contributed by atoms with Crippen LogP contribution in [0.2, 0.25) is 0 Å². The molecular formula is C22H32N4O3S. The standard InChI is InChI=1S/C22H32N4O3S/c1-5-24-22(25-14-18(3)29-21-12-7-6-9-17(21)2)26-15-19-10-8-11-20(13-19)16-30(27,28)23-4/h6-13,18,23H,5,14-16H2,1-4H3,(H2,24,25,26). The Morgan fingerprint density at radius 3 is 2.53 bits per heavy atom. The zero-order chi connectivity index (χ0) is 22.0. The van der Waals surface area contributed by atoms with Crippen LogP contribution in [0.15, 0.2) is 53.5 Å². The van der Waals surface area contributed by atoms with Crippen molar-refractivity contribution in [3.05, 3.63) is 65.2 Å². The maximum atomic E-state index is 11.8. The second kappa shape index (κ2) is 11.6. The molecule has 0 amide bonds. The number of hydrogen-bond donors (Lipinski definition) is 3. The molecule has 3 N–H and O–H groups in total. The van der Waals surface area contributed by atoms with E-state index in [4.69, 9.17) is 4.74 Å². The summed E-state index contributed by atoms with van der Waals surface area (Å²) >= 11 is 0. The average Bonchev–Trinajstić information content (AvgIpc) is 2.72. The quantitative estimate of drug-likeness (QED) is 0.396. The van der Waals surface area contributed by atoms with Gasteiger partial charge in [-0.3, -0.25) is 0 Å². The number of ether oxygens (including phenoxy) is 1. The highest BCUT2D eigenvalue weighted by molar-refractivity contribution is 7.88. The van der Waals surface area contributed by atoms with Crippen molar-refractivity contribution in [2.75, 3.05) is 20.1 Å². The molecule has 0 radical (unpaired) electrons. The molecule has 0 aliphatic carbocycles. The van der Waals surface area contributed by atoms with Crippen LogP contribution in [0, 0.1) is 6.92 Å². The molecule has 0 aromatic heterocycles. The second-order valence-corrected chi connectivity index (χ2v) is 8.98. The van der Waals surface area contributed by atoms with Crippen molar-refractivity contribution < 1.29 is 13.2 Å². The van der Waals surface area contributed by atoms with E-state index < -0.39 is 10.0 Å². The smallest absolute Gasteiger partial charge is 0.215 e. The van der Waals surface area contributed by atoms with Crippen LogP contribution in [0.3, 0.4) is 0 Å². The highest BCUT2D eigenvalue weighted by Gasteiger charge is 2.10. The molecular weight excluding hydrogens is 400 g/mol. The summed E-state index contributed by atoms with van der Waals surface area (Å²) in [6, 6.07) is 15.4. The van der Waals surface area contributed by atoms with E-state index in [0.717, 1.165) is 29.0 Å². The fraction of sp³-hybridized carbons (Fsp3) is 0.409. The van der Waals surface area contributed by atoms with Gasteiger partial charge >= 0.3 is 0 Å². The summed E-state index contributed by atoms with van der Waals surface area (Å²) in [7, 11) is -1.88. The molecule has 0 bridgehead atoms. The van der Waals surface area contributed by atoms with Crippen LogP contribution >= 0.6 is 0 Å². The second-order valence-electron chi connectivity index (χ2n) is 7.05. The molecule has 8 heteroatoms. The number of nitrogens with one attached hydrogen (secondary N) is 3. The Labute approximate surface area is 180 Å². The Morgan fingerprint density at radius 2 is 1.83 bits per heavy atom. The van der Waals surface area contributed by atoms with Gasteiger partial charge in [-0.1, -0.05) is 42.5 Å². The third-order valence-corrected chi connectivity index (χ3v) is 5.74. The van der Waals surface area contributed by atoms with Crippen molar-refractivity contribution >= 4 is 16.0 Å². The average molecular weight is 433 g/mol. The number of para-hydroxylation sites is 1. The number of aliphatic imine (C=N–C) groups is 1. The van der Waals surface area contributed by atoms with Gasteiger partial charge in [-0.2, -0.15) is 0 Å². The summed E-state index contributed by atoms with van der Waals surface area (Å²) in [4.78, 5) is 4.61. The van der Waals surface area contributed by atoms with Crippen LogP contribution in [0.1, 0.15) is 30.5 Å². The Hall–Kier alpha value is -2.58. The number of nitrogens with zero attached hydrogens (tertiary/aromatic N) is 1. The van der Waals surface area contributed by atoms with Gasteiger partial charge in [-0.15, -0.1) is 0 Å². The van der Waals surface area contributed by atoms with Crippen LogP contribution in [0.25, 0.3) is 0 Å². The first-order chi connectivity index (χ1) is 14.3. The molecule has 30 heavy (non-hydrogen) atoms. The lowest BCUT2D eigenvalue weighted by atomic mass is 10.1. The molecule has 2 aromatic carbocycles. The predicted molar refractivity (Wildman–Crippen MR) is 122 cm³/mol. The van der Waals surface area contributed by atoms with Gasteiger partial charge in [0, 0.05) is 6.54 Å². The summed E-state index contributed by atoms with van der Waals surface area (Å²) in [5.74, 6) is 1.51. The maximum Gasteiger partial charge on any atom is 0.215 e. The number of benzene rings is 2. The summed E-state index contributed by atoms with van der Waals surface area (Å²) < 4.78 is 31.9. The van der Waals surface area contributed by atoms with Gasteiger partial charge in [0.25, 0.3) is 0 Å². The molecule has 164 valence electrons. The SMILES string of the molecule is CCNC(=NCc1cccc(CS(=O)(=O)NC)c1)NCC(C)Oc1ccccc1C. The van der Waals surface area contributed by atoms with E-state index >= 15 is 0 Å². The van der Waals surface area contributed by atoms with Crippen LogP contribution in [0.4, 0.5) is 0 Å². The Kier molecular flexibility index (Phi) is 9.14. The molecule has 1 atom stereocenters. The number of rotatable bonds is 10. The first kappa shape index (κ1) is 23.7. The Morgan fingerprint density at radius 1 is 1.10 bits per heavy atom. The summed E-state index contributed by atoms with van der Waals surface area (Å²) in [5, 5.41) is 6.52. The van der Waals surface area contributed by atoms with Crippen molar-refractivity contribution in [2.45, 2.75) is 39.2 Å². The van der Waals surface area contributed by atoms with Gasteiger partial charge in [0.2, 0.25) is 10.0 Å². The largest absolute Gasteiger partial charge is 0.489 e. The van der Waals surface area contributed by atoms with Crippen LogP contribution in [-0.2, 0) is 22.3 Å². The molecule has 7 nitrogen and oxygen atoms in total. The van der Waals surface area contributed by atoms with E-state index in [0.29, 0.717) is 19.0 Å². The highest BCUT2D eigenvalue weighted by Crippen LogP contribution is 2.17. The molecule has 0 saturated carbocycles. The fourth-order valence-corrected chi connectivity index (χ4v) is 3.57. The number of aryl methyl sites for hydroxylation is 1. The molecule has 1 unspecified atom stereocenters. The van der Waals surface area contributed by atoms with Gasteiger partial charge in [0.05, 0.1) is 18.8 Å². The minimum absolute atomic E-state index is 0.0370. The van der Waals surface area contributed by atoms with E-state index in [9.17, 15) is 8.42 Å². The minimum atomic E-state index is -3.30. The number of hydrogen-bond acceptors (Lipinski definition) is 4. The predicted octanol–water partition coefficient (Wildman–Crippen LogP) is 2.57. The Balaban J connectivity index is 1.96. The lowest BCUT2D eigenvalue weighted by Gasteiger charge is -2.18. The van der Waals surface area contributed by atoms with Gasteiger partial charge in [0.15, 0.2) is 5.96 Å². The lowest BCUT2D eigenvalue weighted by Crippen LogP contribution is -2.41. The van der Waals surface area contributed by atoms with E-state index in [-0.39, 0.29) is 11.9 Å². The summed E-state index contributed by atoms with van der Waals surface area (Å²) in [6.07, 6.45) is -0.0370. The van der Waals surface area contributed by atoms with Gasteiger partial charge in [0.1, 0.15) is 11.9 Å². The van der Waals surface area contributed by atoms with Crippen LogP contribution in [0.5, 0.6) is 5.75 Å². The zero-order valence-corrected chi connectivity index (χ0v) is 18.9. The van der Waals surface area contributed by atoms with E-state index in [1.165, 1.54) is 7.05 Å². The van der Waals surface area contributed by atoms with E-state index in [1.807, 2.05) is 63.2 Å². The van der Waals surface area contributed by atoms with Crippen molar-refractivity contribution in [1.29, 1.82) is 0 Å². The first-order valence-corrected chi connectivity index (χ1v) is 11.7. The van der Waals surface area contributed by atoms with E-state index in [1.54, 1.807) is 6.07 Å². The third kappa shape index (κ3) is 8.04. The van der Waals surface area contributed by atoms with Gasteiger partial charge in [-0.05, 0) is 50.6 Å². The van der Waals surface area contributed by atoms with Gasteiger partial charge in [-0.25, -0.2) is 18.1 Å². The first-order valence-electron chi connectivity index (χ1n) is 10.1. The van der Waals surface area contributed by atoms with Crippen molar-refractivity contribution in [3.63, 3.8) is 0 Å². The van der Waals surface area contributed by atoms with Crippen molar-refractivity contribution in [3.8, 4) is 5.75 Å². The fourth-order valence-electron chi connectivity index (χ4n) is 2.81. The summed E-state index contributed by atoms with van der Waals surface area (Å²) in [5.41, 5.74) is 2.78. The van der Waals surface area contributed by atoms with Gasteiger partial charge < -0.3 is 15.4 Å². The van der Waals surface area contributed by atoms with Crippen molar-refractivity contribution in [1.82, 2.24) is 15.4 Å². The molecule has 0 heterocycles. The topological polar surface area (TPSA) is 91.8 Å². The number of guanidine groups is 1. The van der Waals surface area contributed by atoms with E-state index in [2.05, 4.69) is 20.3 Å². The molecule has 0 spiro atoms. The minimum Gasteiger partial charge on any atom is -0.489 e. The van der Waals surface area contributed by atoms with Crippen LogP contribution < -0.4 is 20.1 Å². The lowest BCUT2D eigenvalue weighted by molar-refractivity contribution is 0.222. The molecule has 0 saturated heterocycles. The number of sulfonamides is 1. The zero-order valence-electron chi connectivity index (χ0n) is 18.1. The third-order valence-electron chi connectivity index (χ3n) is 4.40. The normalized spacial score (nSPS) is 13.0. The van der Waals surface area contributed by atoms with Crippen molar-refractivity contribution in [2.24, 2.45) is 4.99 Å². The maximum absolute atomic E-state index is 11.8. The van der Waals surface area contributed by atoms with Crippen LogP contribution in [-0.4, -0.2) is 40.6 Å². The molecule has 2 rings (SSSR count). The molecule has 2 aromatic rings. The molecule has 0 aliphatic rings. The highest BCUT2D eigenvalue weighted by atomic mass is 32.2. The summed E-state index contributed by atoms with van der Waals surface area (Å²) in [6.45, 7) is 7.81. The Bertz CT molecular complexity index is 945.